The number of hydrogen-bond donors (Lipinski definition) is 1. The Bertz CT molecular complexity index is 142. The van der Waals surface area contributed by atoms with Crippen molar-refractivity contribution in [2.45, 2.75) is 65.6 Å². The molecule has 2 N–H and O–H groups in total. The number of alkyl halides is 1. The van der Waals surface area contributed by atoms with Crippen LogP contribution < -0.4 is 5.73 Å². The highest BCUT2D eigenvalue weighted by Gasteiger charge is 2.32. The molecule has 0 aliphatic rings. The SMILES string of the molecule is CC(C)(C)CC(C)(N)CC(C)(C)F. The summed E-state index contributed by atoms with van der Waals surface area (Å²) in [6, 6.07) is 0. The fourth-order valence-corrected chi connectivity index (χ4v) is 2.23. The van der Waals surface area contributed by atoms with Crippen LogP contribution in [-0.4, -0.2) is 11.2 Å². The second-order valence-corrected chi connectivity index (χ2v) is 6.29. The van der Waals surface area contributed by atoms with Crippen LogP contribution in [0.1, 0.15) is 54.4 Å². The van der Waals surface area contributed by atoms with Gasteiger partial charge in [0.1, 0.15) is 5.67 Å². The molecule has 0 aromatic rings. The smallest absolute Gasteiger partial charge is 0.107 e. The minimum atomic E-state index is -1.17. The number of hydrogen-bond acceptors (Lipinski definition) is 1. The van der Waals surface area contributed by atoms with Gasteiger partial charge in [0.15, 0.2) is 0 Å². The van der Waals surface area contributed by atoms with Crippen LogP contribution in [0.2, 0.25) is 0 Å². The Balaban J connectivity index is 4.25. The second kappa shape index (κ2) is 3.56. The van der Waals surface area contributed by atoms with Gasteiger partial charge in [0.05, 0.1) is 0 Å². The third-order valence-electron chi connectivity index (χ3n) is 1.76. The topological polar surface area (TPSA) is 26.0 Å². The zero-order chi connectivity index (χ0) is 10.9. The normalized spacial score (nSPS) is 18.5. The molecule has 1 atom stereocenters. The Morgan fingerprint density at radius 3 is 1.54 bits per heavy atom. The fraction of sp³-hybridized carbons (Fsp3) is 1.00. The van der Waals surface area contributed by atoms with E-state index in [1.54, 1.807) is 13.8 Å². The van der Waals surface area contributed by atoms with Gasteiger partial charge in [-0.15, -0.1) is 0 Å². The maximum atomic E-state index is 13.4. The number of nitrogens with two attached hydrogens (primary N) is 1. The molecule has 0 fully saturated rings. The Morgan fingerprint density at radius 2 is 1.31 bits per heavy atom. The van der Waals surface area contributed by atoms with Crippen molar-refractivity contribution in [1.82, 2.24) is 0 Å². The first-order valence-corrected chi connectivity index (χ1v) is 4.89. The molecule has 1 unspecified atom stereocenters. The third kappa shape index (κ3) is 8.23. The van der Waals surface area contributed by atoms with Crippen LogP contribution >= 0.6 is 0 Å². The molecule has 0 bridgehead atoms. The molecule has 0 radical (unpaired) electrons. The average Bonchev–Trinajstić information content (AvgIpc) is 1.43. The van der Waals surface area contributed by atoms with Crippen LogP contribution in [0.4, 0.5) is 4.39 Å². The van der Waals surface area contributed by atoms with Crippen LogP contribution in [0.5, 0.6) is 0 Å². The van der Waals surface area contributed by atoms with E-state index in [9.17, 15) is 4.39 Å². The molecule has 0 amide bonds. The third-order valence-corrected chi connectivity index (χ3v) is 1.76. The van der Waals surface area contributed by atoms with E-state index in [2.05, 4.69) is 20.8 Å². The lowest BCUT2D eigenvalue weighted by Gasteiger charge is -2.35. The summed E-state index contributed by atoms with van der Waals surface area (Å²) >= 11 is 0. The van der Waals surface area contributed by atoms with Gasteiger partial charge in [0, 0.05) is 5.54 Å². The van der Waals surface area contributed by atoms with Gasteiger partial charge in [-0.1, -0.05) is 20.8 Å². The Kier molecular flexibility index (Phi) is 3.53. The van der Waals surface area contributed by atoms with Crippen LogP contribution in [0.3, 0.4) is 0 Å². The fourth-order valence-electron chi connectivity index (χ4n) is 2.23. The summed E-state index contributed by atoms with van der Waals surface area (Å²) in [6.45, 7) is 11.5. The van der Waals surface area contributed by atoms with E-state index in [4.69, 9.17) is 5.73 Å². The zero-order valence-corrected chi connectivity index (χ0v) is 9.87. The van der Waals surface area contributed by atoms with Gasteiger partial charge in [0.25, 0.3) is 0 Å². The molecule has 0 aliphatic carbocycles. The van der Waals surface area contributed by atoms with E-state index in [1.165, 1.54) is 0 Å². The quantitative estimate of drug-likeness (QED) is 0.724. The van der Waals surface area contributed by atoms with Crippen molar-refractivity contribution in [1.29, 1.82) is 0 Å². The van der Waals surface area contributed by atoms with Crippen LogP contribution in [-0.2, 0) is 0 Å². The zero-order valence-electron chi connectivity index (χ0n) is 9.87. The molecule has 13 heavy (non-hydrogen) atoms. The molecule has 1 nitrogen and oxygen atoms in total. The van der Waals surface area contributed by atoms with Gasteiger partial charge in [-0.3, -0.25) is 0 Å². The first kappa shape index (κ1) is 12.9. The van der Waals surface area contributed by atoms with Crippen molar-refractivity contribution in [3.8, 4) is 0 Å². The molecular weight excluding hydrogens is 165 g/mol. The molecule has 0 heterocycles. The van der Waals surface area contributed by atoms with E-state index >= 15 is 0 Å². The number of halogens is 1. The first-order valence-electron chi connectivity index (χ1n) is 4.89. The molecule has 0 saturated carbocycles. The highest BCUT2D eigenvalue weighted by Crippen LogP contribution is 2.32. The highest BCUT2D eigenvalue weighted by molar-refractivity contribution is 4.89. The summed E-state index contributed by atoms with van der Waals surface area (Å²) < 4.78 is 13.4. The summed E-state index contributed by atoms with van der Waals surface area (Å²) in [5.41, 5.74) is 4.63. The largest absolute Gasteiger partial charge is 0.325 e. The minimum Gasteiger partial charge on any atom is -0.325 e. The van der Waals surface area contributed by atoms with Gasteiger partial charge in [-0.25, -0.2) is 4.39 Å². The summed E-state index contributed by atoms with van der Waals surface area (Å²) in [5.74, 6) is 0. The van der Waals surface area contributed by atoms with Crippen LogP contribution in [0, 0.1) is 5.41 Å². The molecule has 0 spiro atoms. The second-order valence-electron chi connectivity index (χ2n) is 6.29. The van der Waals surface area contributed by atoms with Gasteiger partial charge in [0.2, 0.25) is 0 Å². The Hall–Kier alpha value is -0.110. The molecule has 0 saturated heterocycles. The number of rotatable bonds is 3. The first-order chi connectivity index (χ1) is 5.41. The summed E-state index contributed by atoms with van der Waals surface area (Å²) in [7, 11) is 0. The van der Waals surface area contributed by atoms with Crippen LogP contribution in [0.25, 0.3) is 0 Å². The predicted molar refractivity (Wildman–Crippen MR) is 56.5 cm³/mol. The van der Waals surface area contributed by atoms with E-state index < -0.39 is 11.2 Å². The van der Waals surface area contributed by atoms with Crippen molar-refractivity contribution < 1.29 is 4.39 Å². The van der Waals surface area contributed by atoms with E-state index in [0.29, 0.717) is 6.42 Å². The average molecular weight is 189 g/mol. The van der Waals surface area contributed by atoms with E-state index in [0.717, 1.165) is 6.42 Å². The molecule has 0 rings (SSSR count). The highest BCUT2D eigenvalue weighted by atomic mass is 19.1. The van der Waals surface area contributed by atoms with Crippen molar-refractivity contribution in [2.75, 3.05) is 0 Å². The van der Waals surface area contributed by atoms with Crippen LogP contribution in [0.15, 0.2) is 0 Å². The molecule has 0 aliphatic heterocycles. The summed E-state index contributed by atoms with van der Waals surface area (Å²) in [5, 5.41) is 0. The molecular formula is C11H24FN. The maximum absolute atomic E-state index is 13.4. The lowest BCUT2D eigenvalue weighted by atomic mass is 9.77. The van der Waals surface area contributed by atoms with Gasteiger partial charge in [-0.05, 0) is 39.0 Å². The standard InChI is InChI=1S/C11H24FN/c1-9(2,3)7-11(6,13)8-10(4,5)12/h7-8,13H2,1-6H3. The monoisotopic (exact) mass is 189 g/mol. The Labute approximate surface area is 81.9 Å². The van der Waals surface area contributed by atoms with Crippen molar-refractivity contribution in [3.05, 3.63) is 0 Å². The van der Waals surface area contributed by atoms with Crippen molar-refractivity contribution in [3.63, 3.8) is 0 Å². The molecule has 0 aromatic heterocycles. The lowest BCUT2D eigenvalue weighted by molar-refractivity contribution is 0.134. The van der Waals surface area contributed by atoms with Gasteiger partial charge >= 0.3 is 0 Å². The lowest BCUT2D eigenvalue weighted by Crippen LogP contribution is -2.44. The van der Waals surface area contributed by atoms with Crippen molar-refractivity contribution in [2.24, 2.45) is 11.1 Å². The maximum Gasteiger partial charge on any atom is 0.107 e. The molecule has 2 heteroatoms. The summed E-state index contributed by atoms with van der Waals surface area (Å²) in [4.78, 5) is 0. The summed E-state index contributed by atoms with van der Waals surface area (Å²) in [6.07, 6.45) is 1.25. The minimum absolute atomic E-state index is 0.161. The predicted octanol–water partition coefficient (Wildman–Crippen LogP) is 3.28. The van der Waals surface area contributed by atoms with Crippen molar-refractivity contribution >= 4 is 0 Å². The van der Waals surface area contributed by atoms with E-state index in [-0.39, 0.29) is 5.41 Å². The molecule has 0 aromatic carbocycles. The van der Waals surface area contributed by atoms with Gasteiger partial charge < -0.3 is 5.73 Å². The Morgan fingerprint density at radius 1 is 0.923 bits per heavy atom. The van der Waals surface area contributed by atoms with E-state index in [1.807, 2.05) is 6.92 Å². The van der Waals surface area contributed by atoms with Gasteiger partial charge in [-0.2, -0.15) is 0 Å². The molecule has 80 valence electrons.